The summed E-state index contributed by atoms with van der Waals surface area (Å²) >= 11 is 0. The third kappa shape index (κ3) is 11.3. The van der Waals surface area contributed by atoms with Crippen LogP contribution in [0.2, 0.25) is 0 Å². The standard InChI is InChI=1S/C5H11NO2.C2H6O3S/c1-3(2)4(6)5(7)8;1-2-6(3,4)5/h3-4H,6H2,1-2H3,(H,7,8);2H2,1H3,(H,3,4,5). The molecule has 0 radical (unpaired) electrons. The van der Waals surface area contributed by atoms with Gasteiger partial charge in [0.2, 0.25) is 0 Å². The van der Waals surface area contributed by atoms with Gasteiger partial charge in [0.05, 0.1) is 5.75 Å². The second-order valence-electron chi connectivity index (χ2n) is 2.98. The van der Waals surface area contributed by atoms with Crippen LogP contribution in [0.15, 0.2) is 0 Å². The highest BCUT2D eigenvalue weighted by Gasteiger charge is 2.14. The molecule has 1 atom stereocenters. The summed E-state index contributed by atoms with van der Waals surface area (Å²) in [5.74, 6) is -1.11. The average molecular weight is 227 g/mol. The fourth-order valence-electron chi connectivity index (χ4n) is 0.285. The lowest BCUT2D eigenvalue weighted by atomic mass is 10.1. The van der Waals surface area contributed by atoms with Gasteiger partial charge >= 0.3 is 5.97 Å². The van der Waals surface area contributed by atoms with Gasteiger partial charge in [-0.05, 0) is 12.8 Å². The van der Waals surface area contributed by atoms with E-state index in [1.54, 1.807) is 13.8 Å². The highest BCUT2D eigenvalue weighted by molar-refractivity contribution is 7.85. The Morgan fingerprint density at radius 3 is 1.71 bits per heavy atom. The molecule has 4 N–H and O–H groups in total. The largest absolute Gasteiger partial charge is 0.480 e. The lowest BCUT2D eigenvalue weighted by molar-refractivity contribution is -0.139. The number of rotatable bonds is 3. The number of carboxylic acids is 1. The molecule has 7 heteroatoms. The maximum absolute atomic E-state index is 10.0. The molecule has 0 aliphatic heterocycles. The Bertz CT molecular complexity index is 259. The van der Waals surface area contributed by atoms with E-state index in [2.05, 4.69) is 0 Å². The molecule has 14 heavy (non-hydrogen) atoms. The van der Waals surface area contributed by atoms with Gasteiger partial charge in [0.25, 0.3) is 10.1 Å². The van der Waals surface area contributed by atoms with Gasteiger partial charge in [-0.25, -0.2) is 0 Å². The van der Waals surface area contributed by atoms with E-state index >= 15 is 0 Å². The first kappa shape index (κ1) is 15.8. The maximum Gasteiger partial charge on any atom is 0.320 e. The summed E-state index contributed by atoms with van der Waals surface area (Å²) < 4.78 is 26.9. The van der Waals surface area contributed by atoms with Gasteiger partial charge in [-0.15, -0.1) is 0 Å². The molecule has 0 aromatic carbocycles. The van der Waals surface area contributed by atoms with Crippen molar-refractivity contribution in [2.24, 2.45) is 11.7 Å². The van der Waals surface area contributed by atoms with E-state index in [1.165, 1.54) is 6.92 Å². The van der Waals surface area contributed by atoms with E-state index in [4.69, 9.17) is 15.4 Å². The highest BCUT2D eigenvalue weighted by atomic mass is 32.2. The highest BCUT2D eigenvalue weighted by Crippen LogP contribution is 1.96. The Kier molecular flexibility index (Phi) is 7.61. The molecule has 0 amide bonds. The quantitative estimate of drug-likeness (QED) is 0.582. The normalized spacial score (nSPS) is 13.0. The zero-order chi connectivity index (χ0) is 11.9. The summed E-state index contributed by atoms with van der Waals surface area (Å²) in [5.41, 5.74) is 5.16. The van der Waals surface area contributed by atoms with Gasteiger partial charge in [-0.1, -0.05) is 13.8 Å². The predicted octanol–water partition coefficient (Wildman–Crippen LogP) is -0.0516. The molecule has 0 saturated carbocycles. The first-order valence-electron chi connectivity index (χ1n) is 4.05. The molecule has 0 rings (SSSR count). The van der Waals surface area contributed by atoms with Crippen molar-refractivity contribution in [2.45, 2.75) is 26.8 Å². The van der Waals surface area contributed by atoms with Crippen molar-refractivity contribution in [3.63, 3.8) is 0 Å². The topological polar surface area (TPSA) is 118 Å². The Labute approximate surface area is 83.9 Å². The summed E-state index contributed by atoms with van der Waals surface area (Å²) in [6, 6.07) is -0.713. The van der Waals surface area contributed by atoms with E-state index in [0.717, 1.165) is 0 Å². The Hall–Kier alpha value is -0.660. The molecular formula is C7H17NO5S. The first-order chi connectivity index (χ1) is 6.11. The third-order valence-corrected chi connectivity index (χ3v) is 2.10. The van der Waals surface area contributed by atoms with Crippen molar-refractivity contribution >= 4 is 16.1 Å². The summed E-state index contributed by atoms with van der Waals surface area (Å²) in [6.07, 6.45) is 0. The minimum Gasteiger partial charge on any atom is -0.480 e. The zero-order valence-corrected chi connectivity index (χ0v) is 9.28. The molecule has 0 fully saturated rings. The molecule has 0 aliphatic rings. The van der Waals surface area contributed by atoms with Crippen molar-refractivity contribution in [3.8, 4) is 0 Å². The minimum atomic E-state index is -3.66. The predicted molar refractivity (Wildman–Crippen MR) is 52.5 cm³/mol. The van der Waals surface area contributed by atoms with E-state index in [1.807, 2.05) is 0 Å². The molecule has 86 valence electrons. The Balaban J connectivity index is 0. The molecule has 0 aromatic heterocycles. The fourth-order valence-corrected chi connectivity index (χ4v) is 0.285. The lowest BCUT2D eigenvalue weighted by Crippen LogP contribution is -2.34. The monoisotopic (exact) mass is 227 g/mol. The number of carboxylic acid groups (broad SMARTS) is 1. The molecule has 0 aromatic rings. The van der Waals surface area contributed by atoms with Crippen molar-refractivity contribution in [1.82, 2.24) is 0 Å². The number of nitrogens with two attached hydrogens (primary N) is 1. The summed E-state index contributed by atoms with van der Waals surface area (Å²) in [6.45, 7) is 4.92. The van der Waals surface area contributed by atoms with Gasteiger partial charge in [-0.3, -0.25) is 9.35 Å². The molecule has 0 bridgehead atoms. The van der Waals surface area contributed by atoms with Gasteiger partial charge in [0.15, 0.2) is 0 Å². The van der Waals surface area contributed by atoms with Crippen LogP contribution in [-0.4, -0.2) is 35.8 Å². The molecule has 1 unspecified atom stereocenters. The van der Waals surface area contributed by atoms with E-state index in [-0.39, 0.29) is 11.7 Å². The average Bonchev–Trinajstić information content (AvgIpc) is 2.02. The molecular weight excluding hydrogens is 210 g/mol. The van der Waals surface area contributed by atoms with Crippen LogP contribution in [0.4, 0.5) is 0 Å². The molecule has 0 heterocycles. The SMILES string of the molecule is CC(C)C(N)C(=O)O.CCS(=O)(=O)O. The zero-order valence-electron chi connectivity index (χ0n) is 8.47. The van der Waals surface area contributed by atoms with Crippen LogP contribution in [0.3, 0.4) is 0 Å². The van der Waals surface area contributed by atoms with Crippen LogP contribution in [0.1, 0.15) is 20.8 Å². The summed E-state index contributed by atoms with van der Waals surface area (Å²) in [7, 11) is -3.66. The second kappa shape index (κ2) is 6.74. The number of hydrogen-bond donors (Lipinski definition) is 3. The molecule has 6 nitrogen and oxygen atoms in total. The number of carbonyl (C=O) groups is 1. The van der Waals surface area contributed by atoms with Crippen LogP contribution >= 0.6 is 0 Å². The first-order valence-corrected chi connectivity index (χ1v) is 5.66. The van der Waals surface area contributed by atoms with Crippen LogP contribution in [0.5, 0.6) is 0 Å². The number of aliphatic carboxylic acids is 1. The Morgan fingerprint density at radius 2 is 1.71 bits per heavy atom. The van der Waals surface area contributed by atoms with Gasteiger partial charge in [0, 0.05) is 0 Å². The maximum atomic E-state index is 10.0. The van der Waals surface area contributed by atoms with Crippen molar-refractivity contribution < 1.29 is 22.9 Å². The second-order valence-corrected chi connectivity index (χ2v) is 4.72. The smallest absolute Gasteiger partial charge is 0.320 e. The van der Waals surface area contributed by atoms with Gasteiger partial charge < -0.3 is 10.8 Å². The van der Waals surface area contributed by atoms with Crippen LogP contribution in [0, 0.1) is 5.92 Å². The lowest BCUT2D eigenvalue weighted by Gasteiger charge is -2.07. The third-order valence-electron chi connectivity index (χ3n) is 1.37. The summed E-state index contributed by atoms with van der Waals surface area (Å²) in [5, 5.41) is 8.23. The molecule has 0 spiro atoms. The van der Waals surface area contributed by atoms with Gasteiger partial charge in [0.1, 0.15) is 6.04 Å². The molecule has 0 saturated heterocycles. The van der Waals surface area contributed by atoms with E-state index < -0.39 is 22.1 Å². The van der Waals surface area contributed by atoms with Crippen molar-refractivity contribution in [2.75, 3.05) is 5.75 Å². The molecule has 0 aliphatic carbocycles. The van der Waals surface area contributed by atoms with Crippen LogP contribution in [0.25, 0.3) is 0 Å². The minimum absolute atomic E-state index is 0.0208. The van der Waals surface area contributed by atoms with Crippen molar-refractivity contribution in [3.05, 3.63) is 0 Å². The van der Waals surface area contributed by atoms with E-state index in [9.17, 15) is 13.2 Å². The summed E-state index contributed by atoms with van der Waals surface area (Å²) in [4.78, 5) is 10.0. The van der Waals surface area contributed by atoms with E-state index in [0.29, 0.717) is 0 Å². The fraction of sp³-hybridized carbons (Fsp3) is 0.857. The Morgan fingerprint density at radius 1 is 1.43 bits per heavy atom. The van der Waals surface area contributed by atoms with Crippen molar-refractivity contribution in [1.29, 1.82) is 0 Å². The van der Waals surface area contributed by atoms with Crippen LogP contribution in [-0.2, 0) is 14.9 Å². The number of hydrogen-bond acceptors (Lipinski definition) is 4. The van der Waals surface area contributed by atoms with Gasteiger partial charge in [-0.2, -0.15) is 8.42 Å². The van der Waals surface area contributed by atoms with Crippen LogP contribution < -0.4 is 5.73 Å².